The molecule has 0 aliphatic rings. The summed E-state index contributed by atoms with van der Waals surface area (Å²) in [5.41, 5.74) is 0. The molecule has 0 saturated carbocycles. The molecule has 0 spiro atoms. The van der Waals surface area contributed by atoms with Gasteiger partial charge in [0.15, 0.2) is 0 Å². The quantitative estimate of drug-likeness (QED) is 0.520. The summed E-state index contributed by atoms with van der Waals surface area (Å²) >= 11 is 0. The highest BCUT2D eigenvalue weighted by Gasteiger charge is 2.00. The molecule has 0 aromatic heterocycles. The summed E-state index contributed by atoms with van der Waals surface area (Å²) in [5.74, 6) is 0. The van der Waals surface area contributed by atoms with Crippen molar-refractivity contribution in [3.63, 3.8) is 0 Å². The molecule has 0 aromatic carbocycles. The highest BCUT2D eigenvalue weighted by molar-refractivity contribution is 4.54. The van der Waals surface area contributed by atoms with Crippen LogP contribution in [-0.4, -0.2) is 84.2 Å². The van der Waals surface area contributed by atoms with E-state index >= 15 is 0 Å². The van der Waals surface area contributed by atoms with Crippen LogP contribution >= 0.6 is 0 Å². The standard InChI is InChI=1S/C6H15NO3.C6H15N/c8-4-1-7(2-5-9)3-6-10;1-4-7(5-2)6-3/h8-10H,1-6H2;4-6H2,1-3H3. The molecule has 0 aliphatic heterocycles. The molecule has 0 aromatic rings. The Hall–Kier alpha value is -0.200. The first-order valence-electron chi connectivity index (χ1n) is 6.47. The molecule has 0 fully saturated rings. The highest BCUT2D eigenvalue weighted by atomic mass is 16.3. The van der Waals surface area contributed by atoms with Gasteiger partial charge in [0.25, 0.3) is 0 Å². The fourth-order valence-corrected chi connectivity index (χ4v) is 1.43. The van der Waals surface area contributed by atoms with Gasteiger partial charge in [0, 0.05) is 19.6 Å². The van der Waals surface area contributed by atoms with Crippen molar-refractivity contribution in [1.29, 1.82) is 0 Å². The van der Waals surface area contributed by atoms with E-state index in [4.69, 9.17) is 15.3 Å². The fraction of sp³-hybridized carbons (Fsp3) is 1.00. The maximum absolute atomic E-state index is 8.48. The normalized spacial score (nSPS) is 10.6. The van der Waals surface area contributed by atoms with Gasteiger partial charge in [-0.3, -0.25) is 4.90 Å². The second-order valence-corrected chi connectivity index (χ2v) is 3.63. The van der Waals surface area contributed by atoms with E-state index < -0.39 is 0 Å². The van der Waals surface area contributed by atoms with Crippen LogP contribution in [0.3, 0.4) is 0 Å². The van der Waals surface area contributed by atoms with Gasteiger partial charge >= 0.3 is 0 Å². The molecule has 0 saturated heterocycles. The first-order chi connectivity index (χ1) is 8.19. The summed E-state index contributed by atoms with van der Waals surface area (Å²) in [6.07, 6.45) is 0. The average molecular weight is 250 g/mol. The lowest BCUT2D eigenvalue weighted by Crippen LogP contribution is -2.32. The van der Waals surface area contributed by atoms with Gasteiger partial charge in [0.1, 0.15) is 0 Å². The van der Waals surface area contributed by atoms with Crippen LogP contribution in [0.2, 0.25) is 0 Å². The van der Waals surface area contributed by atoms with E-state index in [-0.39, 0.29) is 19.8 Å². The summed E-state index contributed by atoms with van der Waals surface area (Å²) in [5, 5.41) is 25.5. The Kier molecular flexibility index (Phi) is 17.8. The van der Waals surface area contributed by atoms with Crippen molar-refractivity contribution in [1.82, 2.24) is 9.80 Å². The summed E-state index contributed by atoms with van der Waals surface area (Å²) in [4.78, 5) is 4.17. The Morgan fingerprint density at radius 1 is 0.588 bits per heavy atom. The number of aliphatic hydroxyl groups is 3. The van der Waals surface area contributed by atoms with Gasteiger partial charge in [-0.05, 0) is 19.6 Å². The Balaban J connectivity index is 0. The number of hydrogen-bond acceptors (Lipinski definition) is 5. The van der Waals surface area contributed by atoms with E-state index in [1.165, 1.54) is 19.6 Å². The summed E-state index contributed by atoms with van der Waals surface area (Å²) in [7, 11) is 0. The molecular formula is C12H30N2O3. The molecule has 0 atom stereocenters. The molecule has 0 bridgehead atoms. The van der Waals surface area contributed by atoms with E-state index in [1.54, 1.807) is 4.90 Å². The van der Waals surface area contributed by atoms with Crippen LogP contribution in [0.5, 0.6) is 0 Å². The van der Waals surface area contributed by atoms with Gasteiger partial charge in [-0.2, -0.15) is 0 Å². The molecule has 106 valence electrons. The second kappa shape index (κ2) is 15.8. The fourth-order valence-electron chi connectivity index (χ4n) is 1.43. The van der Waals surface area contributed by atoms with Gasteiger partial charge in [0.2, 0.25) is 0 Å². The van der Waals surface area contributed by atoms with Crippen molar-refractivity contribution in [3.05, 3.63) is 0 Å². The Morgan fingerprint density at radius 3 is 1.00 bits per heavy atom. The first-order valence-corrected chi connectivity index (χ1v) is 6.47. The molecule has 5 heteroatoms. The van der Waals surface area contributed by atoms with Crippen LogP contribution in [0.1, 0.15) is 20.8 Å². The molecule has 17 heavy (non-hydrogen) atoms. The average Bonchev–Trinajstić information content (AvgIpc) is 2.33. The van der Waals surface area contributed by atoms with Gasteiger partial charge in [-0.1, -0.05) is 20.8 Å². The number of nitrogens with zero attached hydrogens (tertiary/aromatic N) is 2. The largest absolute Gasteiger partial charge is 0.395 e. The van der Waals surface area contributed by atoms with Crippen LogP contribution < -0.4 is 0 Å². The van der Waals surface area contributed by atoms with Gasteiger partial charge in [0.05, 0.1) is 19.8 Å². The first kappa shape index (κ1) is 19.1. The predicted molar refractivity (Wildman–Crippen MR) is 71.2 cm³/mol. The molecule has 3 N–H and O–H groups in total. The van der Waals surface area contributed by atoms with E-state index in [0.29, 0.717) is 19.6 Å². The molecule has 0 rings (SSSR count). The second-order valence-electron chi connectivity index (χ2n) is 3.63. The van der Waals surface area contributed by atoms with Gasteiger partial charge < -0.3 is 20.2 Å². The van der Waals surface area contributed by atoms with Crippen molar-refractivity contribution >= 4 is 0 Å². The van der Waals surface area contributed by atoms with E-state index in [9.17, 15) is 0 Å². The van der Waals surface area contributed by atoms with Gasteiger partial charge in [-0.15, -0.1) is 0 Å². The maximum Gasteiger partial charge on any atom is 0.0558 e. The van der Waals surface area contributed by atoms with Crippen LogP contribution in [-0.2, 0) is 0 Å². The third-order valence-corrected chi connectivity index (χ3v) is 2.59. The molecule has 0 heterocycles. The number of rotatable bonds is 9. The topological polar surface area (TPSA) is 67.2 Å². The smallest absolute Gasteiger partial charge is 0.0558 e. The molecule has 0 radical (unpaired) electrons. The number of aliphatic hydroxyl groups excluding tert-OH is 3. The minimum Gasteiger partial charge on any atom is -0.395 e. The maximum atomic E-state index is 8.48. The van der Waals surface area contributed by atoms with Crippen molar-refractivity contribution in [2.45, 2.75) is 20.8 Å². The van der Waals surface area contributed by atoms with E-state index in [1.807, 2.05) is 0 Å². The number of hydrogen-bond donors (Lipinski definition) is 3. The zero-order valence-corrected chi connectivity index (χ0v) is 11.6. The Morgan fingerprint density at radius 2 is 0.882 bits per heavy atom. The van der Waals surface area contributed by atoms with Crippen molar-refractivity contribution in [2.24, 2.45) is 0 Å². The van der Waals surface area contributed by atoms with Crippen molar-refractivity contribution < 1.29 is 15.3 Å². The lowest BCUT2D eigenvalue weighted by atomic mass is 10.4. The minimum absolute atomic E-state index is 0.0694. The molecule has 0 aliphatic carbocycles. The Labute approximate surface area is 106 Å². The Bertz CT molecular complexity index is 113. The van der Waals surface area contributed by atoms with Crippen LogP contribution in [0.25, 0.3) is 0 Å². The summed E-state index contributed by atoms with van der Waals surface area (Å²) in [6.45, 7) is 11.9. The van der Waals surface area contributed by atoms with Crippen LogP contribution in [0.4, 0.5) is 0 Å². The van der Waals surface area contributed by atoms with Crippen molar-refractivity contribution in [3.8, 4) is 0 Å². The minimum atomic E-state index is 0.0694. The van der Waals surface area contributed by atoms with E-state index in [0.717, 1.165) is 0 Å². The lowest BCUT2D eigenvalue weighted by Gasteiger charge is -2.17. The van der Waals surface area contributed by atoms with E-state index in [2.05, 4.69) is 25.7 Å². The molecule has 0 unspecified atom stereocenters. The third-order valence-electron chi connectivity index (χ3n) is 2.59. The summed E-state index contributed by atoms with van der Waals surface area (Å²) < 4.78 is 0. The predicted octanol–water partition coefficient (Wildman–Crippen LogP) is -0.387. The zero-order valence-electron chi connectivity index (χ0n) is 11.6. The van der Waals surface area contributed by atoms with Crippen LogP contribution in [0.15, 0.2) is 0 Å². The third kappa shape index (κ3) is 13.7. The summed E-state index contributed by atoms with van der Waals surface area (Å²) in [6, 6.07) is 0. The van der Waals surface area contributed by atoms with Gasteiger partial charge in [-0.25, -0.2) is 0 Å². The molecule has 5 nitrogen and oxygen atoms in total. The highest BCUT2D eigenvalue weighted by Crippen LogP contribution is 1.84. The molecular weight excluding hydrogens is 220 g/mol. The zero-order chi connectivity index (χ0) is 13.5. The van der Waals surface area contributed by atoms with Crippen LogP contribution in [0, 0.1) is 0 Å². The molecule has 0 amide bonds. The SMILES string of the molecule is CCN(CC)CC.OCCN(CCO)CCO. The monoisotopic (exact) mass is 250 g/mol. The lowest BCUT2D eigenvalue weighted by molar-refractivity contribution is 0.136. The van der Waals surface area contributed by atoms with Crippen molar-refractivity contribution in [2.75, 3.05) is 59.1 Å².